The zero-order valence-electron chi connectivity index (χ0n) is 21.9. The molecule has 0 fully saturated rings. The van der Waals surface area contributed by atoms with Crippen molar-refractivity contribution in [2.75, 3.05) is 24.4 Å². The van der Waals surface area contributed by atoms with Gasteiger partial charge < -0.3 is 25.2 Å². The largest absolute Gasteiger partial charge is 0.493 e. The number of nitrogens with one attached hydrogen (secondary N) is 2. The van der Waals surface area contributed by atoms with Crippen LogP contribution in [0.1, 0.15) is 30.5 Å². The van der Waals surface area contributed by atoms with Gasteiger partial charge in [0, 0.05) is 16.8 Å². The lowest BCUT2D eigenvalue weighted by Gasteiger charge is -2.21. The molecule has 0 bridgehead atoms. The molecule has 3 N–H and O–H groups in total. The van der Waals surface area contributed by atoms with Gasteiger partial charge in [-0.15, -0.1) is 0 Å². The number of hydrogen-bond acceptors (Lipinski definition) is 5. The predicted octanol–water partition coefficient (Wildman–Crippen LogP) is 5.96. The van der Waals surface area contributed by atoms with Crippen LogP contribution >= 0.6 is 0 Å². The number of amides is 2. The van der Waals surface area contributed by atoms with Gasteiger partial charge in [-0.05, 0) is 66.4 Å². The summed E-state index contributed by atoms with van der Waals surface area (Å²) < 4.78 is 10.5. The van der Waals surface area contributed by atoms with Crippen LogP contribution in [0.25, 0.3) is 6.08 Å². The Morgan fingerprint density at radius 1 is 0.947 bits per heavy atom. The molecule has 0 saturated carbocycles. The van der Waals surface area contributed by atoms with Crippen molar-refractivity contribution in [2.45, 2.75) is 27.2 Å². The van der Waals surface area contributed by atoms with Gasteiger partial charge in [-0.25, -0.2) is 9.59 Å². The molecule has 8 heteroatoms. The number of rotatable bonds is 11. The Hall–Kier alpha value is -4.59. The van der Waals surface area contributed by atoms with Gasteiger partial charge in [-0.3, -0.25) is 4.79 Å². The predicted molar refractivity (Wildman–Crippen MR) is 148 cm³/mol. The summed E-state index contributed by atoms with van der Waals surface area (Å²) in [5.41, 5.74) is 3.38. The van der Waals surface area contributed by atoms with Gasteiger partial charge in [0.2, 0.25) is 0 Å². The summed E-state index contributed by atoms with van der Waals surface area (Å²) in [5.74, 6) is -0.452. The summed E-state index contributed by atoms with van der Waals surface area (Å²) in [6.45, 7) is 5.21. The van der Waals surface area contributed by atoms with Crippen molar-refractivity contribution >= 4 is 35.2 Å². The van der Waals surface area contributed by atoms with Crippen molar-refractivity contribution in [3.8, 4) is 11.5 Å². The lowest BCUT2D eigenvalue weighted by Crippen LogP contribution is -2.25. The fourth-order valence-corrected chi connectivity index (χ4v) is 3.75. The molecule has 198 valence electrons. The molecule has 8 nitrogen and oxygen atoms in total. The highest BCUT2D eigenvalue weighted by Crippen LogP contribution is 2.29. The molecule has 3 aromatic rings. The average Bonchev–Trinajstić information content (AvgIpc) is 2.88. The molecule has 0 aliphatic rings. The fraction of sp³-hybridized carbons (Fsp3) is 0.233. The number of benzene rings is 3. The van der Waals surface area contributed by atoms with Crippen molar-refractivity contribution in [1.29, 1.82) is 0 Å². The normalized spacial score (nSPS) is 11.2. The van der Waals surface area contributed by atoms with E-state index in [1.807, 2.05) is 69.3 Å². The summed E-state index contributed by atoms with van der Waals surface area (Å²) in [6, 6.07) is 19.6. The molecule has 0 saturated heterocycles. The number of carbonyl (C=O) groups excluding carboxylic acids is 2. The van der Waals surface area contributed by atoms with Crippen LogP contribution in [0.15, 0.2) is 72.8 Å². The topological polar surface area (TPSA) is 114 Å². The second-order valence-corrected chi connectivity index (χ2v) is 9.44. The fourth-order valence-electron chi connectivity index (χ4n) is 3.75. The summed E-state index contributed by atoms with van der Waals surface area (Å²) in [4.78, 5) is 36.1. The van der Waals surface area contributed by atoms with Gasteiger partial charge in [-0.2, -0.15) is 0 Å². The molecule has 0 radical (unpaired) electrons. The van der Waals surface area contributed by atoms with E-state index in [0.717, 1.165) is 16.8 Å². The minimum Gasteiger partial charge on any atom is -0.493 e. The van der Waals surface area contributed by atoms with Crippen molar-refractivity contribution < 1.29 is 29.0 Å². The first-order valence-corrected chi connectivity index (χ1v) is 12.0. The van der Waals surface area contributed by atoms with Crippen molar-refractivity contribution in [3.05, 3.63) is 89.5 Å². The number of carboxylic acids is 1. The molecule has 0 aliphatic heterocycles. The number of aliphatic carboxylic acids is 1. The maximum atomic E-state index is 13.0. The third kappa shape index (κ3) is 7.96. The zero-order chi connectivity index (χ0) is 27.7. The number of anilines is 2. The Bertz CT molecular complexity index is 1330. The number of carbonyl (C=O) groups is 3. The standard InChI is InChI=1S/C30H32N2O6/c1-20-7-5-6-8-24(20)32-29(36)31-23-13-9-22(10-14-23)18-30(2,3)27(33)16-12-21-11-15-25(26(17-21)37-4)38-19-28(34)35/h5-17H,18-19H2,1-4H3,(H,34,35)(H2,31,32,36). The van der Waals surface area contributed by atoms with Crippen LogP contribution in [0.3, 0.4) is 0 Å². The molecule has 0 atom stereocenters. The highest BCUT2D eigenvalue weighted by Gasteiger charge is 2.25. The van der Waals surface area contributed by atoms with Crippen LogP contribution in [-0.2, 0) is 16.0 Å². The third-order valence-corrected chi connectivity index (χ3v) is 5.88. The summed E-state index contributed by atoms with van der Waals surface area (Å²) in [6.07, 6.45) is 3.73. The van der Waals surface area contributed by atoms with E-state index in [-0.39, 0.29) is 11.8 Å². The number of ether oxygens (including phenoxy) is 2. The van der Waals surface area contributed by atoms with E-state index in [2.05, 4.69) is 10.6 Å². The van der Waals surface area contributed by atoms with Crippen LogP contribution in [0.4, 0.5) is 16.2 Å². The maximum Gasteiger partial charge on any atom is 0.341 e. The summed E-state index contributed by atoms with van der Waals surface area (Å²) >= 11 is 0. The van der Waals surface area contributed by atoms with Crippen molar-refractivity contribution in [2.24, 2.45) is 5.41 Å². The van der Waals surface area contributed by atoms with Crippen LogP contribution in [0, 0.1) is 12.3 Å². The highest BCUT2D eigenvalue weighted by molar-refractivity contribution is 6.00. The number of carboxylic acid groups (broad SMARTS) is 1. The zero-order valence-corrected chi connectivity index (χ0v) is 21.9. The van der Waals surface area contributed by atoms with Crippen LogP contribution in [0.5, 0.6) is 11.5 Å². The Morgan fingerprint density at radius 2 is 1.66 bits per heavy atom. The average molecular weight is 517 g/mol. The molecule has 0 unspecified atom stereocenters. The van der Waals surface area contributed by atoms with Gasteiger partial charge >= 0.3 is 12.0 Å². The first-order valence-electron chi connectivity index (χ1n) is 12.0. The SMILES string of the molecule is COc1cc(C=CC(=O)C(C)(C)Cc2ccc(NC(=O)Nc3ccccc3C)cc2)ccc1OCC(=O)O. The number of urea groups is 1. The number of hydrogen-bond donors (Lipinski definition) is 3. The second-order valence-electron chi connectivity index (χ2n) is 9.44. The Labute approximate surface area is 222 Å². The summed E-state index contributed by atoms with van der Waals surface area (Å²) in [7, 11) is 1.46. The lowest BCUT2D eigenvalue weighted by molar-refractivity contribution is -0.139. The molecule has 0 heterocycles. The highest BCUT2D eigenvalue weighted by atomic mass is 16.5. The summed E-state index contributed by atoms with van der Waals surface area (Å²) in [5, 5.41) is 14.4. The van der Waals surface area contributed by atoms with E-state index in [1.54, 1.807) is 24.3 Å². The molecule has 0 aliphatic carbocycles. The molecular weight excluding hydrogens is 484 g/mol. The van der Waals surface area contributed by atoms with Gasteiger partial charge in [-0.1, -0.05) is 56.3 Å². The molecule has 3 rings (SSSR count). The van der Waals surface area contributed by atoms with E-state index in [1.165, 1.54) is 13.2 Å². The monoisotopic (exact) mass is 516 g/mol. The number of aryl methyl sites for hydroxylation is 1. The van der Waals surface area contributed by atoms with Gasteiger partial charge in [0.1, 0.15) is 0 Å². The Kier molecular flexibility index (Phi) is 9.27. The molecular formula is C30H32N2O6. The minimum absolute atomic E-state index is 0.0533. The van der Waals surface area contributed by atoms with E-state index in [4.69, 9.17) is 14.6 Å². The van der Waals surface area contributed by atoms with Crippen molar-refractivity contribution in [1.82, 2.24) is 0 Å². The lowest BCUT2D eigenvalue weighted by atomic mass is 9.81. The van der Waals surface area contributed by atoms with Gasteiger partial charge in [0.05, 0.1) is 7.11 Å². The van der Waals surface area contributed by atoms with Crippen LogP contribution in [0.2, 0.25) is 0 Å². The van der Waals surface area contributed by atoms with Gasteiger partial charge in [0.25, 0.3) is 0 Å². The second kappa shape index (κ2) is 12.6. The quantitative estimate of drug-likeness (QED) is 0.271. The van der Waals surface area contributed by atoms with Crippen LogP contribution in [-0.4, -0.2) is 36.6 Å². The molecule has 0 aromatic heterocycles. The number of allylic oxidation sites excluding steroid dienone is 1. The number of methoxy groups -OCH3 is 1. The van der Waals surface area contributed by atoms with E-state index < -0.39 is 18.0 Å². The smallest absolute Gasteiger partial charge is 0.341 e. The Balaban J connectivity index is 1.59. The van der Waals surface area contributed by atoms with E-state index in [9.17, 15) is 14.4 Å². The third-order valence-electron chi connectivity index (χ3n) is 5.88. The molecule has 38 heavy (non-hydrogen) atoms. The minimum atomic E-state index is -1.08. The van der Waals surface area contributed by atoms with Crippen molar-refractivity contribution in [3.63, 3.8) is 0 Å². The number of ketones is 1. The van der Waals surface area contributed by atoms with Crippen LogP contribution < -0.4 is 20.1 Å². The molecule has 3 aromatic carbocycles. The first-order chi connectivity index (χ1) is 18.1. The molecule has 2 amide bonds. The van der Waals surface area contributed by atoms with E-state index >= 15 is 0 Å². The molecule has 0 spiro atoms. The van der Waals surface area contributed by atoms with E-state index in [0.29, 0.717) is 29.2 Å². The maximum absolute atomic E-state index is 13.0. The Morgan fingerprint density at radius 3 is 2.32 bits per heavy atom. The number of para-hydroxylation sites is 1. The first kappa shape index (κ1) is 28.0. The van der Waals surface area contributed by atoms with Gasteiger partial charge in [0.15, 0.2) is 23.9 Å².